The van der Waals surface area contributed by atoms with E-state index in [-0.39, 0.29) is 12.6 Å². The highest BCUT2D eigenvalue weighted by Gasteiger charge is 2.18. The van der Waals surface area contributed by atoms with Crippen LogP contribution in [-0.2, 0) is 22.4 Å². The molecule has 0 N–H and O–H groups in total. The number of esters is 1. The Morgan fingerprint density at radius 3 is 3.00 bits per heavy atom. The summed E-state index contributed by atoms with van der Waals surface area (Å²) in [5, 5.41) is 1.11. The number of aryl methyl sites for hydroxylation is 2. The van der Waals surface area contributed by atoms with Gasteiger partial charge in [-0.25, -0.2) is 4.79 Å². The Morgan fingerprint density at radius 2 is 2.15 bits per heavy atom. The molecule has 1 aliphatic rings. The average molecular weight is 274 g/mol. The minimum absolute atomic E-state index is 0.0562. The number of hydrogen-bond acceptors (Lipinski definition) is 4. The molecule has 0 radical (unpaired) electrons. The molecule has 4 heteroatoms. The monoisotopic (exact) mass is 274 g/mol. The average Bonchev–Trinajstić information content (AvgIpc) is 2.83. The van der Waals surface area contributed by atoms with Crippen molar-refractivity contribution >= 4 is 16.9 Å². The molecule has 4 nitrogen and oxygen atoms in total. The van der Waals surface area contributed by atoms with Crippen molar-refractivity contribution < 1.29 is 18.7 Å². The van der Waals surface area contributed by atoms with Crippen LogP contribution in [-0.4, -0.2) is 19.2 Å². The van der Waals surface area contributed by atoms with E-state index in [2.05, 4.69) is 0 Å². The van der Waals surface area contributed by atoms with Crippen LogP contribution in [0.25, 0.3) is 11.0 Å². The van der Waals surface area contributed by atoms with Crippen molar-refractivity contribution in [1.29, 1.82) is 0 Å². The molecule has 2 aromatic rings. The summed E-state index contributed by atoms with van der Waals surface area (Å²) in [5.41, 5.74) is 2.20. The normalized spacial score (nSPS) is 14.1. The number of furan rings is 1. The van der Waals surface area contributed by atoms with Gasteiger partial charge < -0.3 is 13.9 Å². The van der Waals surface area contributed by atoms with Gasteiger partial charge >= 0.3 is 5.97 Å². The highest BCUT2D eigenvalue weighted by molar-refractivity contribution is 5.84. The Labute approximate surface area is 117 Å². The highest BCUT2D eigenvalue weighted by atomic mass is 16.6. The second kappa shape index (κ2) is 5.57. The van der Waals surface area contributed by atoms with Crippen LogP contribution in [0.2, 0.25) is 0 Å². The SMILES string of the molecule is CCOC(=O)COc1ccc2oc3c(c2c1)CCCC3. The maximum atomic E-state index is 11.3. The molecule has 0 spiro atoms. The minimum Gasteiger partial charge on any atom is -0.482 e. The largest absolute Gasteiger partial charge is 0.482 e. The standard InChI is InChI=1S/C16H18O4/c1-2-18-16(17)10-19-11-7-8-15-13(9-11)12-5-3-4-6-14(12)20-15/h7-9H,2-6,10H2,1H3. The van der Waals surface area contributed by atoms with Crippen LogP contribution in [0.3, 0.4) is 0 Å². The number of carbonyl (C=O) groups is 1. The number of benzene rings is 1. The van der Waals surface area contributed by atoms with E-state index in [0.717, 1.165) is 29.6 Å². The van der Waals surface area contributed by atoms with E-state index >= 15 is 0 Å². The summed E-state index contributed by atoms with van der Waals surface area (Å²) < 4.78 is 16.2. The Kier molecular flexibility index (Phi) is 3.63. The summed E-state index contributed by atoms with van der Waals surface area (Å²) in [6.45, 7) is 2.09. The van der Waals surface area contributed by atoms with E-state index in [1.54, 1.807) is 6.92 Å². The number of hydrogen-bond donors (Lipinski definition) is 0. The van der Waals surface area contributed by atoms with Gasteiger partial charge in [0.15, 0.2) is 6.61 Å². The lowest BCUT2D eigenvalue weighted by Crippen LogP contribution is -2.14. The van der Waals surface area contributed by atoms with Crippen molar-refractivity contribution in [3.63, 3.8) is 0 Å². The predicted octanol–water partition coefficient (Wildman–Crippen LogP) is 3.25. The summed E-state index contributed by atoms with van der Waals surface area (Å²) in [5.74, 6) is 1.44. The first-order chi connectivity index (χ1) is 9.78. The highest BCUT2D eigenvalue weighted by Crippen LogP contribution is 2.33. The minimum atomic E-state index is -0.346. The van der Waals surface area contributed by atoms with Gasteiger partial charge in [-0.3, -0.25) is 0 Å². The number of fused-ring (bicyclic) bond motifs is 3. The molecule has 0 bridgehead atoms. The van der Waals surface area contributed by atoms with Gasteiger partial charge in [0.05, 0.1) is 6.61 Å². The quantitative estimate of drug-likeness (QED) is 0.803. The summed E-state index contributed by atoms with van der Waals surface area (Å²) in [6, 6.07) is 5.70. The topological polar surface area (TPSA) is 48.7 Å². The Hall–Kier alpha value is -1.97. The summed E-state index contributed by atoms with van der Waals surface area (Å²) in [6.07, 6.45) is 4.47. The van der Waals surface area contributed by atoms with Crippen molar-refractivity contribution in [2.45, 2.75) is 32.6 Å². The van der Waals surface area contributed by atoms with Gasteiger partial charge in [0.1, 0.15) is 17.1 Å². The Bertz CT molecular complexity index is 627. The third-order valence-electron chi connectivity index (χ3n) is 3.59. The first kappa shape index (κ1) is 13.0. The maximum absolute atomic E-state index is 11.3. The second-order valence-corrected chi connectivity index (χ2v) is 4.96. The molecule has 0 saturated carbocycles. The van der Waals surface area contributed by atoms with Crippen molar-refractivity contribution in [1.82, 2.24) is 0 Å². The fourth-order valence-corrected chi connectivity index (χ4v) is 2.68. The third-order valence-corrected chi connectivity index (χ3v) is 3.59. The molecular formula is C16H18O4. The van der Waals surface area contributed by atoms with Crippen LogP contribution in [0.1, 0.15) is 31.1 Å². The fraction of sp³-hybridized carbons (Fsp3) is 0.438. The lowest BCUT2D eigenvalue weighted by Gasteiger charge is -2.09. The summed E-state index contributed by atoms with van der Waals surface area (Å²) >= 11 is 0. The smallest absolute Gasteiger partial charge is 0.344 e. The van der Waals surface area contributed by atoms with E-state index in [0.29, 0.717) is 12.4 Å². The third kappa shape index (κ3) is 2.50. The van der Waals surface area contributed by atoms with Gasteiger partial charge in [-0.15, -0.1) is 0 Å². The molecule has 3 rings (SSSR count). The molecule has 106 valence electrons. The zero-order valence-electron chi connectivity index (χ0n) is 11.6. The molecular weight excluding hydrogens is 256 g/mol. The van der Waals surface area contributed by atoms with Crippen LogP contribution >= 0.6 is 0 Å². The molecule has 1 heterocycles. The van der Waals surface area contributed by atoms with E-state index in [4.69, 9.17) is 13.9 Å². The van der Waals surface area contributed by atoms with Crippen LogP contribution < -0.4 is 4.74 Å². The zero-order valence-corrected chi connectivity index (χ0v) is 11.6. The van der Waals surface area contributed by atoms with Gasteiger partial charge in [-0.1, -0.05) is 0 Å². The van der Waals surface area contributed by atoms with Gasteiger partial charge in [0.25, 0.3) is 0 Å². The van der Waals surface area contributed by atoms with E-state index < -0.39 is 0 Å². The van der Waals surface area contributed by atoms with Crippen LogP contribution in [0.5, 0.6) is 5.75 Å². The molecule has 0 aliphatic heterocycles. The first-order valence-electron chi connectivity index (χ1n) is 7.10. The van der Waals surface area contributed by atoms with Crippen LogP contribution in [0, 0.1) is 0 Å². The van der Waals surface area contributed by atoms with E-state index in [9.17, 15) is 4.79 Å². The predicted molar refractivity (Wildman–Crippen MR) is 75.0 cm³/mol. The maximum Gasteiger partial charge on any atom is 0.344 e. The molecule has 0 atom stereocenters. The molecule has 0 saturated heterocycles. The summed E-state index contributed by atoms with van der Waals surface area (Å²) in [4.78, 5) is 11.3. The van der Waals surface area contributed by atoms with Crippen molar-refractivity contribution in [2.24, 2.45) is 0 Å². The van der Waals surface area contributed by atoms with E-state index in [1.807, 2.05) is 18.2 Å². The lowest BCUT2D eigenvalue weighted by molar-refractivity contribution is -0.145. The fourth-order valence-electron chi connectivity index (χ4n) is 2.68. The van der Waals surface area contributed by atoms with Gasteiger partial charge in [-0.2, -0.15) is 0 Å². The number of carbonyl (C=O) groups excluding carboxylic acids is 1. The van der Waals surface area contributed by atoms with Gasteiger partial charge in [0.2, 0.25) is 0 Å². The summed E-state index contributed by atoms with van der Waals surface area (Å²) in [7, 11) is 0. The van der Waals surface area contributed by atoms with Crippen molar-refractivity contribution in [3.05, 3.63) is 29.5 Å². The molecule has 20 heavy (non-hydrogen) atoms. The molecule has 1 aromatic heterocycles. The van der Waals surface area contributed by atoms with Crippen molar-refractivity contribution in [2.75, 3.05) is 13.2 Å². The number of rotatable bonds is 4. The number of ether oxygens (including phenoxy) is 2. The molecule has 0 fully saturated rings. The molecule has 1 aliphatic carbocycles. The van der Waals surface area contributed by atoms with Crippen LogP contribution in [0.15, 0.2) is 22.6 Å². The molecule has 0 amide bonds. The second-order valence-electron chi connectivity index (χ2n) is 4.96. The van der Waals surface area contributed by atoms with E-state index in [1.165, 1.54) is 18.4 Å². The van der Waals surface area contributed by atoms with Gasteiger partial charge in [-0.05, 0) is 44.4 Å². The van der Waals surface area contributed by atoms with Crippen molar-refractivity contribution in [3.8, 4) is 5.75 Å². The van der Waals surface area contributed by atoms with Crippen LogP contribution in [0.4, 0.5) is 0 Å². The molecule has 1 aromatic carbocycles. The first-order valence-corrected chi connectivity index (χ1v) is 7.10. The zero-order chi connectivity index (χ0) is 13.9. The van der Waals surface area contributed by atoms with Gasteiger partial charge in [0, 0.05) is 17.4 Å². The Morgan fingerprint density at radius 1 is 1.30 bits per heavy atom. The lowest BCUT2D eigenvalue weighted by atomic mass is 9.96. The molecule has 0 unspecified atom stereocenters. The Balaban J connectivity index is 1.81.